The second-order valence-corrected chi connectivity index (χ2v) is 5.59. The summed E-state index contributed by atoms with van der Waals surface area (Å²) >= 11 is 0. The van der Waals surface area contributed by atoms with Crippen LogP contribution < -0.4 is 10.2 Å². The number of rotatable bonds is 3. The lowest BCUT2D eigenvalue weighted by Crippen LogP contribution is -3.10. The Morgan fingerprint density at radius 2 is 2.19 bits per heavy atom. The minimum Gasteiger partial charge on any atom is -0.330 e. The third-order valence-corrected chi connectivity index (χ3v) is 4.15. The summed E-state index contributed by atoms with van der Waals surface area (Å²) in [6, 6.07) is 12.4. The first-order valence-corrected chi connectivity index (χ1v) is 7.34. The molecule has 108 valence electrons. The summed E-state index contributed by atoms with van der Waals surface area (Å²) < 4.78 is 0. The number of fused-ring (bicyclic) bond motifs is 1. The first kappa shape index (κ1) is 13.8. The molecule has 1 aromatic carbocycles. The first-order chi connectivity index (χ1) is 10.2. The number of hydrogen-bond acceptors (Lipinski definition) is 2. The van der Waals surface area contributed by atoms with E-state index in [1.54, 1.807) is 12.4 Å². The van der Waals surface area contributed by atoms with Gasteiger partial charge in [0.2, 0.25) is 5.91 Å². The van der Waals surface area contributed by atoms with Gasteiger partial charge in [-0.25, -0.2) is 0 Å². The molecule has 2 aromatic rings. The topological polar surface area (TPSA) is 46.4 Å². The van der Waals surface area contributed by atoms with Gasteiger partial charge in [0.05, 0.1) is 31.9 Å². The van der Waals surface area contributed by atoms with E-state index in [4.69, 9.17) is 0 Å². The number of anilines is 1. The lowest BCUT2D eigenvalue weighted by atomic mass is 9.91. The fourth-order valence-electron chi connectivity index (χ4n) is 2.99. The summed E-state index contributed by atoms with van der Waals surface area (Å²) in [7, 11) is 2.16. The van der Waals surface area contributed by atoms with Crippen molar-refractivity contribution >= 4 is 11.6 Å². The van der Waals surface area contributed by atoms with Crippen LogP contribution in [0.15, 0.2) is 48.8 Å². The van der Waals surface area contributed by atoms with Crippen LogP contribution in [-0.2, 0) is 11.2 Å². The Hall–Kier alpha value is -2.20. The van der Waals surface area contributed by atoms with Crippen LogP contribution in [0.25, 0.3) is 0 Å². The zero-order chi connectivity index (χ0) is 14.7. The lowest BCUT2D eigenvalue weighted by Gasteiger charge is -2.31. The number of likely N-dealkylation sites (N-methyl/N-ethyl adjacent to an activating group) is 1. The summed E-state index contributed by atoms with van der Waals surface area (Å²) in [6.07, 6.45) is 4.95. The van der Waals surface area contributed by atoms with Crippen molar-refractivity contribution in [3.8, 4) is 0 Å². The van der Waals surface area contributed by atoms with Crippen molar-refractivity contribution < 1.29 is 9.69 Å². The van der Waals surface area contributed by atoms with Crippen molar-refractivity contribution in [3.63, 3.8) is 0 Å². The van der Waals surface area contributed by atoms with Gasteiger partial charge in [-0.05, 0) is 17.7 Å². The zero-order valence-corrected chi connectivity index (χ0v) is 12.2. The van der Waals surface area contributed by atoms with Gasteiger partial charge >= 0.3 is 0 Å². The smallest absolute Gasteiger partial charge is 0.230 e. The minimum atomic E-state index is 0.0454. The van der Waals surface area contributed by atoms with Gasteiger partial charge in [-0.15, -0.1) is 0 Å². The molecule has 1 unspecified atom stereocenters. The third-order valence-electron chi connectivity index (χ3n) is 4.15. The highest BCUT2D eigenvalue weighted by molar-refractivity contribution is 5.90. The second kappa shape index (κ2) is 6.06. The van der Waals surface area contributed by atoms with E-state index < -0.39 is 0 Å². The number of benzene rings is 1. The highest BCUT2D eigenvalue weighted by Crippen LogP contribution is 2.22. The van der Waals surface area contributed by atoms with Crippen molar-refractivity contribution in [2.24, 2.45) is 0 Å². The Kier molecular flexibility index (Phi) is 3.97. The Labute approximate surface area is 124 Å². The van der Waals surface area contributed by atoms with Gasteiger partial charge < -0.3 is 10.2 Å². The van der Waals surface area contributed by atoms with Crippen LogP contribution in [0.4, 0.5) is 5.69 Å². The molecule has 1 aliphatic heterocycles. The van der Waals surface area contributed by atoms with E-state index in [0.29, 0.717) is 6.42 Å². The van der Waals surface area contributed by atoms with Gasteiger partial charge in [-0.2, -0.15) is 0 Å². The lowest BCUT2D eigenvalue weighted by molar-refractivity contribution is -0.914. The molecule has 2 N–H and O–H groups in total. The van der Waals surface area contributed by atoms with Crippen LogP contribution in [0.1, 0.15) is 23.6 Å². The average Bonchev–Trinajstić information content (AvgIpc) is 2.51. The average molecular weight is 282 g/mol. The molecule has 1 aliphatic rings. The van der Waals surface area contributed by atoms with Gasteiger partial charge in [-0.3, -0.25) is 9.78 Å². The van der Waals surface area contributed by atoms with Crippen LogP contribution in [0.3, 0.4) is 0 Å². The highest BCUT2D eigenvalue weighted by atomic mass is 16.1. The SMILES string of the molecule is C[NH+]1CCc2ccccc2[C@@H]1CC(=O)Nc1cccnc1. The molecule has 1 aromatic heterocycles. The van der Waals surface area contributed by atoms with Gasteiger partial charge in [0.1, 0.15) is 6.04 Å². The molecular weight excluding hydrogens is 262 g/mol. The molecule has 0 fully saturated rings. The molecule has 2 atom stereocenters. The molecule has 0 spiro atoms. The van der Waals surface area contributed by atoms with Crippen molar-refractivity contribution in [1.82, 2.24) is 4.98 Å². The Bertz CT molecular complexity index is 627. The number of quaternary nitrogens is 1. The molecule has 4 nitrogen and oxygen atoms in total. The molecule has 2 heterocycles. The standard InChI is InChI=1S/C17H19N3O/c1-20-10-8-13-5-2-3-7-15(13)16(20)11-17(21)19-14-6-4-9-18-12-14/h2-7,9,12,16H,8,10-11H2,1H3,(H,19,21)/p+1/t16-/m0/s1. The normalized spacial score (nSPS) is 20.6. The number of nitrogens with zero attached hydrogens (tertiary/aromatic N) is 1. The second-order valence-electron chi connectivity index (χ2n) is 5.59. The summed E-state index contributed by atoms with van der Waals surface area (Å²) in [5.74, 6) is 0.0454. The van der Waals surface area contributed by atoms with Gasteiger partial charge in [0.25, 0.3) is 0 Å². The number of carbonyl (C=O) groups is 1. The molecule has 0 saturated heterocycles. The molecule has 0 bridgehead atoms. The monoisotopic (exact) mass is 282 g/mol. The largest absolute Gasteiger partial charge is 0.330 e. The predicted octanol–water partition coefficient (Wildman–Crippen LogP) is 1.22. The Morgan fingerprint density at radius 1 is 1.33 bits per heavy atom. The number of amides is 1. The van der Waals surface area contributed by atoms with Gasteiger partial charge in [-0.1, -0.05) is 24.3 Å². The maximum absolute atomic E-state index is 12.3. The van der Waals surface area contributed by atoms with Gasteiger partial charge in [0.15, 0.2) is 0 Å². The van der Waals surface area contributed by atoms with E-state index in [2.05, 4.69) is 41.6 Å². The maximum Gasteiger partial charge on any atom is 0.230 e. The fourth-order valence-corrected chi connectivity index (χ4v) is 2.99. The van der Waals surface area contributed by atoms with Crippen LogP contribution in [0, 0.1) is 0 Å². The zero-order valence-electron chi connectivity index (χ0n) is 12.2. The van der Waals surface area contributed by atoms with Crippen LogP contribution >= 0.6 is 0 Å². The molecule has 1 amide bonds. The number of carbonyl (C=O) groups excluding carboxylic acids is 1. The highest BCUT2D eigenvalue weighted by Gasteiger charge is 2.29. The number of pyridine rings is 1. The van der Waals surface area contributed by atoms with E-state index in [9.17, 15) is 4.79 Å². The molecule has 0 radical (unpaired) electrons. The Morgan fingerprint density at radius 3 is 3.00 bits per heavy atom. The molecule has 3 rings (SSSR count). The van der Waals surface area contributed by atoms with Crippen LogP contribution in [0.2, 0.25) is 0 Å². The molecule has 0 saturated carbocycles. The predicted molar refractivity (Wildman–Crippen MR) is 82.1 cm³/mol. The van der Waals surface area contributed by atoms with Crippen molar-refractivity contribution in [1.29, 1.82) is 0 Å². The maximum atomic E-state index is 12.3. The summed E-state index contributed by atoms with van der Waals surface area (Å²) in [5, 5.41) is 2.93. The van der Waals surface area contributed by atoms with E-state index in [0.717, 1.165) is 18.7 Å². The summed E-state index contributed by atoms with van der Waals surface area (Å²) in [6.45, 7) is 1.07. The Balaban J connectivity index is 1.73. The molecule has 0 aliphatic carbocycles. The number of aromatic nitrogens is 1. The van der Waals surface area contributed by atoms with Gasteiger partial charge in [0, 0.05) is 18.2 Å². The summed E-state index contributed by atoms with van der Waals surface area (Å²) in [4.78, 5) is 17.7. The van der Waals surface area contributed by atoms with Crippen molar-refractivity contribution in [2.45, 2.75) is 18.9 Å². The van der Waals surface area contributed by atoms with Crippen molar-refractivity contribution in [3.05, 3.63) is 59.9 Å². The molecular formula is C17H20N3O+. The quantitative estimate of drug-likeness (QED) is 0.889. The van der Waals surface area contributed by atoms with Crippen LogP contribution in [0.5, 0.6) is 0 Å². The molecule has 21 heavy (non-hydrogen) atoms. The van der Waals surface area contributed by atoms with Crippen molar-refractivity contribution in [2.75, 3.05) is 18.9 Å². The van der Waals surface area contributed by atoms with Crippen LogP contribution in [-0.4, -0.2) is 24.5 Å². The fraction of sp³-hybridized carbons (Fsp3) is 0.294. The number of nitrogens with one attached hydrogen (secondary N) is 2. The number of hydrogen-bond donors (Lipinski definition) is 2. The van der Waals surface area contributed by atoms with E-state index >= 15 is 0 Å². The molecule has 4 heteroatoms. The summed E-state index contributed by atoms with van der Waals surface area (Å²) in [5.41, 5.74) is 3.44. The van der Waals surface area contributed by atoms with E-state index in [-0.39, 0.29) is 11.9 Å². The minimum absolute atomic E-state index is 0.0454. The third kappa shape index (κ3) is 3.11. The first-order valence-electron chi connectivity index (χ1n) is 7.34. The van der Waals surface area contributed by atoms with E-state index in [1.165, 1.54) is 16.0 Å². The van der Waals surface area contributed by atoms with E-state index in [1.807, 2.05) is 12.1 Å².